The molecule has 0 aliphatic carbocycles. The van der Waals surface area contributed by atoms with Crippen molar-refractivity contribution in [2.75, 3.05) is 0 Å². The minimum atomic E-state index is 0.588. The summed E-state index contributed by atoms with van der Waals surface area (Å²) in [6.07, 6.45) is 0. The zero-order valence-corrected chi connectivity index (χ0v) is 12.3. The molecule has 0 saturated carbocycles. The number of rotatable bonds is 4. The van der Waals surface area contributed by atoms with Crippen LogP contribution in [-0.4, -0.2) is 9.78 Å². The second-order valence-electron chi connectivity index (χ2n) is 5.09. The van der Waals surface area contributed by atoms with E-state index in [9.17, 15) is 0 Å². The highest BCUT2D eigenvalue weighted by atomic mass is 16.5. The molecule has 0 unspecified atom stereocenters. The Morgan fingerprint density at radius 2 is 1.71 bits per heavy atom. The summed E-state index contributed by atoms with van der Waals surface area (Å²) in [6.45, 7) is 2.59. The van der Waals surface area contributed by atoms with Crippen LogP contribution in [0.1, 0.15) is 11.3 Å². The van der Waals surface area contributed by atoms with Gasteiger partial charge < -0.3 is 4.74 Å². The maximum absolute atomic E-state index is 5.80. The Bertz CT molecular complexity index is 715. The molecule has 1 aromatic heterocycles. The van der Waals surface area contributed by atoms with Crippen molar-refractivity contribution >= 4 is 0 Å². The molecule has 0 bridgehead atoms. The van der Waals surface area contributed by atoms with Gasteiger partial charge in [-0.25, -0.2) is 0 Å². The van der Waals surface area contributed by atoms with Crippen molar-refractivity contribution in [2.45, 2.75) is 13.5 Å². The third-order valence-electron chi connectivity index (χ3n) is 3.40. The van der Waals surface area contributed by atoms with E-state index in [0.717, 1.165) is 22.7 Å². The van der Waals surface area contributed by atoms with Gasteiger partial charge in [-0.05, 0) is 42.8 Å². The van der Waals surface area contributed by atoms with Gasteiger partial charge in [-0.2, -0.15) is 5.10 Å². The van der Waals surface area contributed by atoms with Gasteiger partial charge in [0.15, 0.2) is 0 Å². The Hall–Kier alpha value is -2.55. The van der Waals surface area contributed by atoms with Gasteiger partial charge in [-0.1, -0.05) is 30.3 Å². The highest BCUT2D eigenvalue weighted by Crippen LogP contribution is 2.23. The standard InChI is InChI=1S/C18H18N2O/c1-14-12-18(20(2)19-14)16-8-10-17(11-9-16)21-13-15-6-4-3-5-7-15/h3-12H,13H2,1-2H3. The number of hydrogen-bond donors (Lipinski definition) is 0. The molecule has 0 amide bonds. The molecule has 2 aromatic carbocycles. The van der Waals surface area contributed by atoms with Crippen molar-refractivity contribution in [2.24, 2.45) is 7.05 Å². The normalized spacial score (nSPS) is 10.6. The number of hydrogen-bond acceptors (Lipinski definition) is 2. The summed E-state index contributed by atoms with van der Waals surface area (Å²) in [6, 6.07) is 20.4. The summed E-state index contributed by atoms with van der Waals surface area (Å²) in [5, 5.41) is 4.37. The number of aryl methyl sites for hydroxylation is 2. The van der Waals surface area contributed by atoms with E-state index < -0.39 is 0 Å². The van der Waals surface area contributed by atoms with Crippen molar-refractivity contribution in [1.82, 2.24) is 9.78 Å². The van der Waals surface area contributed by atoms with Gasteiger partial charge in [0.05, 0.1) is 11.4 Å². The van der Waals surface area contributed by atoms with Crippen molar-refractivity contribution in [3.05, 3.63) is 71.9 Å². The molecule has 0 saturated heterocycles. The van der Waals surface area contributed by atoms with Gasteiger partial charge in [0.25, 0.3) is 0 Å². The molecular formula is C18H18N2O. The smallest absolute Gasteiger partial charge is 0.119 e. The molecule has 0 spiro atoms. The van der Waals surface area contributed by atoms with Crippen molar-refractivity contribution in [3.8, 4) is 17.0 Å². The van der Waals surface area contributed by atoms with E-state index in [-0.39, 0.29) is 0 Å². The van der Waals surface area contributed by atoms with Crippen LogP contribution in [0, 0.1) is 6.92 Å². The Kier molecular flexibility index (Phi) is 3.73. The SMILES string of the molecule is Cc1cc(-c2ccc(OCc3ccccc3)cc2)n(C)n1. The Morgan fingerprint density at radius 3 is 2.33 bits per heavy atom. The zero-order chi connectivity index (χ0) is 14.7. The summed E-state index contributed by atoms with van der Waals surface area (Å²) >= 11 is 0. The molecule has 0 fully saturated rings. The van der Waals surface area contributed by atoms with Crippen LogP contribution in [0.25, 0.3) is 11.3 Å². The van der Waals surface area contributed by atoms with Gasteiger partial charge in [0.2, 0.25) is 0 Å². The Labute approximate surface area is 124 Å². The van der Waals surface area contributed by atoms with E-state index in [1.807, 2.05) is 49.0 Å². The highest BCUT2D eigenvalue weighted by molar-refractivity contribution is 5.60. The largest absolute Gasteiger partial charge is 0.489 e. The molecule has 3 heteroatoms. The van der Waals surface area contributed by atoms with Gasteiger partial charge in [-0.3, -0.25) is 4.68 Å². The van der Waals surface area contributed by atoms with Gasteiger partial charge in [-0.15, -0.1) is 0 Å². The van der Waals surface area contributed by atoms with Crippen LogP contribution < -0.4 is 4.74 Å². The van der Waals surface area contributed by atoms with Crippen LogP contribution in [0.15, 0.2) is 60.7 Å². The summed E-state index contributed by atoms with van der Waals surface area (Å²) in [5.74, 6) is 0.876. The summed E-state index contributed by atoms with van der Waals surface area (Å²) in [5.41, 5.74) is 4.45. The van der Waals surface area contributed by atoms with E-state index in [0.29, 0.717) is 6.61 Å². The van der Waals surface area contributed by atoms with Gasteiger partial charge in [0, 0.05) is 12.6 Å². The molecule has 0 aliphatic rings. The van der Waals surface area contributed by atoms with Crippen LogP contribution in [0.5, 0.6) is 5.75 Å². The molecule has 3 rings (SSSR count). The molecule has 0 aliphatic heterocycles. The molecule has 1 heterocycles. The maximum Gasteiger partial charge on any atom is 0.119 e. The summed E-state index contributed by atoms with van der Waals surface area (Å²) in [4.78, 5) is 0. The average Bonchev–Trinajstić information content (AvgIpc) is 2.85. The topological polar surface area (TPSA) is 27.1 Å². The van der Waals surface area contributed by atoms with E-state index in [2.05, 4.69) is 35.4 Å². The second kappa shape index (κ2) is 5.83. The first kappa shape index (κ1) is 13.4. The minimum absolute atomic E-state index is 0.588. The molecular weight excluding hydrogens is 260 g/mol. The fraction of sp³-hybridized carbons (Fsp3) is 0.167. The number of benzene rings is 2. The Balaban J connectivity index is 1.71. The third kappa shape index (κ3) is 3.14. The van der Waals surface area contributed by atoms with Crippen molar-refractivity contribution in [3.63, 3.8) is 0 Å². The first-order chi connectivity index (χ1) is 10.2. The molecule has 3 nitrogen and oxygen atoms in total. The van der Waals surface area contributed by atoms with Crippen molar-refractivity contribution in [1.29, 1.82) is 0 Å². The average molecular weight is 278 g/mol. The summed E-state index contributed by atoms with van der Waals surface area (Å²) in [7, 11) is 1.96. The minimum Gasteiger partial charge on any atom is -0.489 e. The van der Waals surface area contributed by atoms with Crippen LogP contribution in [0.4, 0.5) is 0 Å². The van der Waals surface area contributed by atoms with E-state index in [1.165, 1.54) is 5.56 Å². The molecule has 106 valence electrons. The summed E-state index contributed by atoms with van der Waals surface area (Å²) < 4.78 is 7.69. The van der Waals surface area contributed by atoms with Gasteiger partial charge >= 0.3 is 0 Å². The number of nitrogens with zero attached hydrogens (tertiary/aromatic N) is 2. The fourth-order valence-electron chi connectivity index (χ4n) is 2.34. The monoisotopic (exact) mass is 278 g/mol. The lowest BCUT2D eigenvalue weighted by molar-refractivity contribution is 0.306. The molecule has 3 aromatic rings. The highest BCUT2D eigenvalue weighted by Gasteiger charge is 2.05. The zero-order valence-electron chi connectivity index (χ0n) is 12.3. The molecule has 0 radical (unpaired) electrons. The predicted octanol–water partition coefficient (Wildman–Crippen LogP) is 3.97. The Morgan fingerprint density at radius 1 is 1.00 bits per heavy atom. The maximum atomic E-state index is 5.80. The van der Waals surface area contributed by atoms with Crippen LogP contribution in [0.3, 0.4) is 0 Å². The van der Waals surface area contributed by atoms with Crippen LogP contribution in [0.2, 0.25) is 0 Å². The predicted molar refractivity (Wildman–Crippen MR) is 84.2 cm³/mol. The molecule has 0 N–H and O–H groups in total. The first-order valence-corrected chi connectivity index (χ1v) is 7.00. The van der Waals surface area contributed by atoms with E-state index in [1.54, 1.807) is 0 Å². The van der Waals surface area contributed by atoms with Crippen molar-refractivity contribution < 1.29 is 4.74 Å². The lowest BCUT2D eigenvalue weighted by Crippen LogP contribution is -1.96. The van der Waals surface area contributed by atoms with E-state index >= 15 is 0 Å². The lowest BCUT2D eigenvalue weighted by Gasteiger charge is -2.07. The lowest BCUT2D eigenvalue weighted by atomic mass is 10.1. The molecule has 0 atom stereocenters. The number of ether oxygens (including phenoxy) is 1. The first-order valence-electron chi connectivity index (χ1n) is 7.00. The molecule has 21 heavy (non-hydrogen) atoms. The quantitative estimate of drug-likeness (QED) is 0.722. The third-order valence-corrected chi connectivity index (χ3v) is 3.40. The number of aromatic nitrogens is 2. The van der Waals surface area contributed by atoms with Gasteiger partial charge in [0.1, 0.15) is 12.4 Å². The fourth-order valence-corrected chi connectivity index (χ4v) is 2.34. The second-order valence-corrected chi connectivity index (χ2v) is 5.09. The van der Waals surface area contributed by atoms with Crippen LogP contribution >= 0.6 is 0 Å². The van der Waals surface area contributed by atoms with Crippen LogP contribution in [-0.2, 0) is 13.7 Å². The van der Waals surface area contributed by atoms with E-state index in [4.69, 9.17) is 4.74 Å².